The van der Waals surface area contributed by atoms with Gasteiger partial charge in [0.25, 0.3) is 0 Å². The lowest BCUT2D eigenvalue weighted by Gasteiger charge is -2.28. The first-order valence-electron chi connectivity index (χ1n) is 21.9. The topological polar surface area (TPSA) is 16.4 Å². The summed E-state index contributed by atoms with van der Waals surface area (Å²) in [6, 6.07) is 89.6. The maximum absolute atomic E-state index is 6.38. The van der Waals surface area contributed by atoms with Gasteiger partial charge in [0.1, 0.15) is 11.2 Å². The monoisotopic (exact) mass is 815 g/mol. The number of benzene rings is 11. The minimum absolute atomic E-state index is 0.881. The molecular formula is C62H41NO. The van der Waals surface area contributed by atoms with Gasteiger partial charge in [-0.25, -0.2) is 0 Å². The Morgan fingerprint density at radius 3 is 1.42 bits per heavy atom. The molecule has 0 radical (unpaired) electrons. The van der Waals surface area contributed by atoms with E-state index in [2.05, 4.69) is 248 Å². The molecule has 2 heteroatoms. The molecule has 0 saturated carbocycles. The normalized spacial score (nSPS) is 11.4. The van der Waals surface area contributed by atoms with Gasteiger partial charge in [-0.3, -0.25) is 0 Å². The summed E-state index contributed by atoms with van der Waals surface area (Å²) in [5.41, 5.74) is 16.8. The van der Waals surface area contributed by atoms with Crippen LogP contribution < -0.4 is 4.90 Å². The van der Waals surface area contributed by atoms with Gasteiger partial charge in [0.15, 0.2) is 0 Å². The number of hydrogen-bond donors (Lipinski definition) is 0. The van der Waals surface area contributed by atoms with Crippen LogP contribution in [0.25, 0.3) is 99.1 Å². The Balaban J connectivity index is 0.921. The van der Waals surface area contributed by atoms with Crippen LogP contribution in [-0.4, -0.2) is 0 Å². The highest BCUT2D eigenvalue weighted by Gasteiger charge is 2.20. The van der Waals surface area contributed by atoms with E-state index < -0.39 is 0 Å². The summed E-state index contributed by atoms with van der Waals surface area (Å²) in [5.74, 6) is 0. The van der Waals surface area contributed by atoms with Crippen molar-refractivity contribution < 1.29 is 4.42 Å². The van der Waals surface area contributed by atoms with E-state index in [0.29, 0.717) is 0 Å². The molecule has 0 aliphatic rings. The molecule has 0 N–H and O–H groups in total. The average molecular weight is 816 g/mol. The first-order valence-corrected chi connectivity index (χ1v) is 21.9. The van der Waals surface area contributed by atoms with Gasteiger partial charge in [0.05, 0.1) is 5.69 Å². The molecule has 0 bridgehead atoms. The number of anilines is 3. The molecule has 0 unspecified atom stereocenters. The van der Waals surface area contributed by atoms with E-state index in [9.17, 15) is 0 Å². The average Bonchev–Trinajstić information content (AvgIpc) is 3.76. The highest BCUT2D eigenvalue weighted by Crippen LogP contribution is 2.45. The minimum Gasteiger partial charge on any atom is -0.456 e. The van der Waals surface area contributed by atoms with Crippen molar-refractivity contribution in [2.75, 3.05) is 4.90 Å². The minimum atomic E-state index is 0.881. The molecule has 300 valence electrons. The van der Waals surface area contributed by atoms with Gasteiger partial charge in [-0.05, 0) is 120 Å². The number of furan rings is 1. The van der Waals surface area contributed by atoms with Crippen molar-refractivity contribution in [2.24, 2.45) is 0 Å². The Morgan fingerprint density at radius 1 is 0.266 bits per heavy atom. The molecule has 12 rings (SSSR count). The molecule has 12 aromatic rings. The van der Waals surface area contributed by atoms with Gasteiger partial charge in [-0.1, -0.05) is 200 Å². The van der Waals surface area contributed by atoms with E-state index in [1.165, 1.54) is 66.1 Å². The van der Waals surface area contributed by atoms with Crippen LogP contribution in [0.1, 0.15) is 0 Å². The Hall–Kier alpha value is -8.46. The third-order valence-corrected chi connectivity index (χ3v) is 12.7. The van der Waals surface area contributed by atoms with Crippen LogP contribution >= 0.6 is 0 Å². The van der Waals surface area contributed by atoms with Crippen LogP contribution in [0.5, 0.6) is 0 Å². The summed E-state index contributed by atoms with van der Waals surface area (Å²) < 4.78 is 6.38. The Labute approximate surface area is 372 Å². The molecular weight excluding hydrogens is 775 g/mol. The zero-order valence-electron chi connectivity index (χ0n) is 35.0. The molecule has 0 amide bonds. The van der Waals surface area contributed by atoms with Crippen LogP contribution in [0.4, 0.5) is 17.1 Å². The SMILES string of the molecule is c1ccc(N(c2ccc(-c3ccc(-c4ccc5ccccc5c4)cc3)cc2)c2ccc(-c3ccc(-c4cccc5ccccc45)cc3)cc2)c(-c2cccc3oc4ccccc4c23)c1. The van der Waals surface area contributed by atoms with Crippen molar-refractivity contribution >= 4 is 60.5 Å². The number of hydrogen-bond acceptors (Lipinski definition) is 2. The fraction of sp³-hybridized carbons (Fsp3) is 0. The van der Waals surface area contributed by atoms with Gasteiger partial charge in [-0.2, -0.15) is 0 Å². The van der Waals surface area contributed by atoms with Crippen LogP contribution in [0, 0.1) is 0 Å². The fourth-order valence-corrected chi connectivity index (χ4v) is 9.47. The molecule has 64 heavy (non-hydrogen) atoms. The van der Waals surface area contributed by atoms with Crippen molar-refractivity contribution in [3.63, 3.8) is 0 Å². The van der Waals surface area contributed by atoms with Crippen molar-refractivity contribution in [2.45, 2.75) is 0 Å². The van der Waals surface area contributed by atoms with Gasteiger partial charge < -0.3 is 9.32 Å². The zero-order valence-corrected chi connectivity index (χ0v) is 35.0. The number of rotatable bonds is 8. The van der Waals surface area contributed by atoms with E-state index in [-0.39, 0.29) is 0 Å². The highest BCUT2D eigenvalue weighted by atomic mass is 16.3. The number of nitrogens with zero attached hydrogens (tertiary/aromatic N) is 1. The predicted molar refractivity (Wildman–Crippen MR) is 271 cm³/mol. The largest absolute Gasteiger partial charge is 0.456 e. The Morgan fingerprint density at radius 2 is 0.719 bits per heavy atom. The summed E-state index contributed by atoms with van der Waals surface area (Å²) >= 11 is 0. The maximum Gasteiger partial charge on any atom is 0.136 e. The third-order valence-electron chi connectivity index (χ3n) is 12.7. The molecule has 2 nitrogen and oxygen atoms in total. The number of para-hydroxylation sites is 2. The first-order chi connectivity index (χ1) is 31.7. The molecule has 1 heterocycles. The lowest BCUT2D eigenvalue weighted by atomic mass is 9.95. The van der Waals surface area contributed by atoms with Gasteiger partial charge in [0.2, 0.25) is 0 Å². The molecule has 0 saturated heterocycles. The van der Waals surface area contributed by atoms with E-state index in [4.69, 9.17) is 4.42 Å². The van der Waals surface area contributed by atoms with E-state index in [0.717, 1.165) is 50.1 Å². The quantitative estimate of drug-likeness (QED) is 0.152. The summed E-state index contributed by atoms with van der Waals surface area (Å²) in [6.45, 7) is 0. The Kier molecular flexibility index (Phi) is 9.20. The number of fused-ring (bicyclic) bond motifs is 5. The van der Waals surface area contributed by atoms with Crippen LogP contribution in [-0.2, 0) is 0 Å². The molecule has 0 spiro atoms. The Bertz CT molecular complexity index is 3630. The van der Waals surface area contributed by atoms with E-state index in [1.807, 2.05) is 6.07 Å². The van der Waals surface area contributed by atoms with Crippen molar-refractivity contribution in [3.8, 4) is 55.6 Å². The summed E-state index contributed by atoms with van der Waals surface area (Å²) in [5, 5.41) is 7.26. The first kappa shape index (κ1) is 37.3. The van der Waals surface area contributed by atoms with Gasteiger partial charge >= 0.3 is 0 Å². The third kappa shape index (κ3) is 6.70. The fourth-order valence-electron chi connectivity index (χ4n) is 9.47. The van der Waals surface area contributed by atoms with Gasteiger partial charge in [0, 0.05) is 27.7 Å². The van der Waals surface area contributed by atoms with Crippen molar-refractivity contribution in [1.82, 2.24) is 0 Å². The summed E-state index contributed by atoms with van der Waals surface area (Å²) in [6.07, 6.45) is 0. The smallest absolute Gasteiger partial charge is 0.136 e. The van der Waals surface area contributed by atoms with Crippen LogP contribution in [0.3, 0.4) is 0 Å². The second-order valence-electron chi connectivity index (χ2n) is 16.5. The van der Waals surface area contributed by atoms with Crippen molar-refractivity contribution in [1.29, 1.82) is 0 Å². The zero-order chi connectivity index (χ0) is 42.4. The van der Waals surface area contributed by atoms with Crippen molar-refractivity contribution in [3.05, 3.63) is 249 Å². The van der Waals surface area contributed by atoms with E-state index >= 15 is 0 Å². The molecule has 0 aliphatic heterocycles. The predicted octanol–water partition coefficient (Wildman–Crippen LogP) is 17.7. The molecule has 0 atom stereocenters. The molecule has 1 aromatic heterocycles. The second kappa shape index (κ2) is 15.8. The second-order valence-corrected chi connectivity index (χ2v) is 16.5. The molecule has 11 aromatic carbocycles. The maximum atomic E-state index is 6.38. The summed E-state index contributed by atoms with van der Waals surface area (Å²) in [7, 11) is 0. The standard InChI is InChI=1S/C62H41NO/c1-2-13-50-41-51(32-29-42(50)11-1)47-25-23-43(24-26-47)45-33-37-52(38-34-45)63(59-20-7-5-16-56(59)57-19-10-22-61-62(57)58-17-6-8-21-60(58)64-61)53-39-35-46(36-40-53)44-27-30-49(31-28-44)55-18-9-14-48-12-3-4-15-54(48)55/h1-41H. The van der Waals surface area contributed by atoms with Gasteiger partial charge in [-0.15, -0.1) is 0 Å². The molecule has 0 aliphatic carbocycles. The lowest BCUT2D eigenvalue weighted by molar-refractivity contribution is 0.669. The lowest BCUT2D eigenvalue weighted by Crippen LogP contribution is -2.11. The van der Waals surface area contributed by atoms with E-state index in [1.54, 1.807) is 0 Å². The highest BCUT2D eigenvalue weighted by molar-refractivity contribution is 6.14. The van der Waals surface area contributed by atoms with Crippen LogP contribution in [0.2, 0.25) is 0 Å². The summed E-state index contributed by atoms with van der Waals surface area (Å²) in [4.78, 5) is 2.39. The van der Waals surface area contributed by atoms with Crippen LogP contribution in [0.15, 0.2) is 253 Å². The molecule has 0 fully saturated rings.